The van der Waals surface area contributed by atoms with Crippen molar-refractivity contribution in [3.05, 3.63) is 125 Å². The zero-order valence-corrected chi connectivity index (χ0v) is 49.9. The van der Waals surface area contributed by atoms with E-state index < -0.39 is 0 Å². The smallest absolute Gasteiger partial charge is 0.553 e. The summed E-state index contributed by atoms with van der Waals surface area (Å²) in [6, 6.07) is 0. The molecule has 0 N–H and O–H groups in total. The van der Waals surface area contributed by atoms with Crippen LogP contribution in [0.1, 0.15) is 142 Å². The van der Waals surface area contributed by atoms with Crippen molar-refractivity contribution in [3.8, 4) is 34.5 Å². The van der Waals surface area contributed by atoms with E-state index in [1.54, 1.807) is 98.0 Å². The second-order valence-corrected chi connectivity index (χ2v) is 17.7. The number of carbonyl (C=O) groups excluding carboxylic acids is 4. The normalized spacial score (nSPS) is 12.8. The van der Waals surface area contributed by atoms with Gasteiger partial charge in [-0.15, -0.1) is 11.1 Å². The number of rotatable bonds is 7. The van der Waals surface area contributed by atoms with Gasteiger partial charge in [0, 0.05) is 50.3 Å². The van der Waals surface area contributed by atoms with E-state index in [1.807, 2.05) is 20.8 Å². The van der Waals surface area contributed by atoms with Crippen LogP contribution in [0.5, 0.6) is 34.5 Å². The van der Waals surface area contributed by atoms with E-state index in [0.29, 0.717) is 44.6 Å². The monoisotopic (exact) mass is 981 g/mol. The third-order valence-electron chi connectivity index (χ3n) is 13.8. The van der Waals surface area contributed by atoms with Crippen molar-refractivity contribution in [1.29, 1.82) is 0 Å². The molecule has 0 saturated heterocycles. The summed E-state index contributed by atoms with van der Waals surface area (Å²) < 4.78 is 32.2. The summed E-state index contributed by atoms with van der Waals surface area (Å²) >= 11 is 0. The Morgan fingerprint density at radius 3 is 0.542 bits per heavy atom. The van der Waals surface area contributed by atoms with Crippen molar-refractivity contribution in [2.24, 2.45) is 0 Å². The van der Waals surface area contributed by atoms with Gasteiger partial charge in [-0.1, -0.05) is 25.8 Å². The molecule has 0 saturated carbocycles. The Hall–Kier alpha value is -4.84. The van der Waals surface area contributed by atoms with Crippen LogP contribution in [0.15, 0.2) is 44.6 Å². The van der Waals surface area contributed by atoms with Gasteiger partial charge in [-0.3, -0.25) is 19.2 Å². The third-order valence-corrected chi connectivity index (χ3v) is 13.8. The summed E-state index contributed by atoms with van der Waals surface area (Å²) in [4.78, 5) is 45.7. The number of benzene rings is 3. The first-order valence-electron chi connectivity index (χ1n) is 23.6. The van der Waals surface area contributed by atoms with E-state index in [0.717, 1.165) is 108 Å². The van der Waals surface area contributed by atoms with E-state index in [4.69, 9.17) is 28.4 Å². The summed E-state index contributed by atoms with van der Waals surface area (Å²) in [5, 5.41) is 0. The molecular weight excluding hydrogens is 895 g/mol. The SMILES string of the molecule is CC1=C(C)C(=O)C(C)=C(C)C1=O.CC1=C(C)C(=O)C(C)=C(C)C1=O.COc1c(C)c(C)c(OC)c(C)c1C.COc1c(C)c(C)c(OC)c(C)c1C.[CH2-]CCC.[CH2-]c1c(C)c(OC)c(C)c(C)c1OC.[Li+].[Li+]. The molecule has 2 aliphatic carbocycles. The van der Waals surface area contributed by atoms with Crippen LogP contribution in [0.2, 0.25) is 0 Å². The average molecular weight is 981 g/mol. The van der Waals surface area contributed by atoms with Crippen LogP contribution in [0.4, 0.5) is 0 Å². The van der Waals surface area contributed by atoms with E-state index in [-0.39, 0.29) is 60.9 Å². The van der Waals surface area contributed by atoms with Crippen LogP contribution in [-0.4, -0.2) is 65.8 Å². The minimum Gasteiger partial charge on any atom is -0.553 e. The Bertz CT molecular complexity index is 2030. The van der Waals surface area contributed by atoms with Gasteiger partial charge in [0.2, 0.25) is 0 Å². The average Bonchev–Trinajstić information content (AvgIpc) is 3.35. The van der Waals surface area contributed by atoms with Crippen LogP contribution in [0.3, 0.4) is 0 Å². The number of Topliss-reactive ketones (excluding diaryl/α,β-unsaturated/α-hetero) is 4. The number of carbonyl (C=O) groups is 4. The first-order chi connectivity index (χ1) is 32.5. The largest absolute Gasteiger partial charge is 1.00 e. The van der Waals surface area contributed by atoms with Gasteiger partial charge in [-0.25, -0.2) is 0 Å². The molecule has 0 heterocycles. The number of hydrogen-bond acceptors (Lipinski definition) is 10. The molecule has 0 spiro atoms. The molecule has 10 nitrogen and oxygen atoms in total. The predicted octanol–water partition coefficient (Wildman–Crippen LogP) is 7.94. The predicted molar refractivity (Wildman–Crippen MR) is 289 cm³/mol. The fourth-order valence-corrected chi connectivity index (χ4v) is 7.94. The third kappa shape index (κ3) is 16.3. The summed E-state index contributed by atoms with van der Waals surface area (Å²) in [6.45, 7) is 45.8. The van der Waals surface area contributed by atoms with Gasteiger partial charge in [-0.05, 0) is 175 Å². The van der Waals surface area contributed by atoms with E-state index in [1.165, 1.54) is 6.42 Å². The zero-order valence-electron chi connectivity index (χ0n) is 49.9. The Labute approximate surface area is 459 Å². The summed E-state index contributed by atoms with van der Waals surface area (Å²) in [6.07, 6.45) is 2.28. The van der Waals surface area contributed by atoms with Crippen LogP contribution >= 0.6 is 0 Å². The van der Waals surface area contributed by atoms with Gasteiger partial charge in [0.25, 0.3) is 0 Å². The molecule has 0 fully saturated rings. The van der Waals surface area contributed by atoms with Gasteiger partial charge < -0.3 is 35.3 Å². The molecule has 72 heavy (non-hydrogen) atoms. The Morgan fingerprint density at radius 1 is 0.292 bits per heavy atom. The van der Waals surface area contributed by atoms with Crippen LogP contribution in [0.25, 0.3) is 0 Å². The quantitative estimate of drug-likeness (QED) is 0.131. The zero-order chi connectivity index (χ0) is 55.0. The maximum atomic E-state index is 11.4. The van der Waals surface area contributed by atoms with Crippen molar-refractivity contribution in [3.63, 3.8) is 0 Å². The van der Waals surface area contributed by atoms with Gasteiger partial charge in [0.05, 0.1) is 48.4 Å². The number of allylic oxidation sites excluding steroid dienone is 8. The van der Waals surface area contributed by atoms with Crippen molar-refractivity contribution in [1.82, 2.24) is 0 Å². The van der Waals surface area contributed by atoms with Crippen molar-refractivity contribution in [2.75, 3.05) is 42.7 Å². The summed E-state index contributed by atoms with van der Waals surface area (Å²) in [7, 11) is 10.2. The molecule has 0 unspecified atom stereocenters. The van der Waals surface area contributed by atoms with Crippen molar-refractivity contribution in [2.45, 2.75) is 151 Å². The van der Waals surface area contributed by atoms with Gasteiger partial charge in [0.1, 0.15) is 23.0 Å². The molecule has 0 radical (unpaired) electrons. The molecule has 0 bridgehead atoms. The van der Waals surface area contributed by atoms with E-state index in [2.05, 4.69) is 76.2 Å². The first-order valence-corrected chi connectivity index (χ1v) is 23.6. The van der Waals surface area contributed by atoms with Gasteiger partial charge in [0.15, 0.2) is 23.1 Å². The molecule has 388 valence electrons. The molecule has 3 aromatic rings. The van der Waals surface area contributed by atoms with Crippen LogP contribution in [0, 0.1) is 90.0 Å². The van der Waals surface area contributed by atoms with E-state index >= 15 is 0 Å². The van der Waals surface area contributed by atoms with E-state index in [9.17, 15) is 19.2 Å². The molecule has 3 aromatic carbocycles. The second-order valence-electron chi connectivity index (χ2n) is 17.7. The number of ketones is 4. The standard InChI is InChI=1S/2C12H18O2.C12H17O2.2C10H12O2.C4H9.2Li/c3*1-7-8(2)12(14-6)10(4)9(3)11(7)13-5;2*1-5-6(2)10(12)8(4)7(3)9(5)11;1-3-4-2;;/h2*1-6H3;1H2,2-6H3;2*1-4H3;1,3-4H2,2H3;;/q;;-1;;;-1;2*+1. The topological polar surface area (TPSA) is 124 Å². The molecule has 0 aromatic heterocycles. The summed E-state index contributed by atoms with van der Waals surface area (Å²) in [5.74, 6) is 5.68. The molecule has 0 atom stereocenters. The first kappa shape index (κ1) is 71.4. The molecular formula is C60H86Li2O10. The van der Waals surface area contributed by atoms with Gasteiger partial charge in [-0.2, -0.15) is 13.3 Å². The fraction of sp³-hybridized carbons (Fsp3) is 0.467. The number of unbranched alkanes of at least 4 members (excludes halogenated alkanes) is 1. The molecule has 0 amide bonds. The van der Waals surface area contributed by atoms with Crippen molar-refractivity contribution >= 4 is 23.1 Å². The summed E-state index contributed by atoms with van der Waals surface area (Å²) in [5.41, 5.74) is 18.1. The molecule has 2 aliphatic rings. The maximum Gasteiger partial charge on any atom is 1.00 e. The number of hydrogen-bond donors (Lipinski definition) is 0. The Morgan fingerprint density at radius 2 is 0.417 bits per heavy atom. The van der Waals surface area contributed by atoms with Gasteiger partial charge >= 0.3 is 37.7 Å². The maximum absolute atomic E-state index is 11.4. The Balaban J connectivity index is -0.000000806. The molecule has 0 aliphatic heterocycles. The van der Waals surface area contributed by atoms with Crippen LogP contribution in [-0.2, 0) is 19.2 Å². The Kier molecular flexibility index (Phi) is 32.1. The molecule has 12 heteroatoms. The second kappa shape index (κ2) is 32.4. The minimum atomic E-state index is 0. The number of ether oxygens (including phenoxy) is 6. The van der Waals surface area contributed by atoms with Crippen molar-refractivity contribution < 1.29 is 85.3 Å². The minimum absolute atomic E-state index is 0. The molecule has 5 rings (SSSR count). The fourth-order valence-electron chi connectivity index (χ4n) is 7.94. The number of methoxy groups -OCH3 is 6. The van der Waals surface area contributed by atoms with Crippen LogP contribution < -0.4 is 66.1 Å².